The minimum absolute atomic E-state index is 0.251. The predicted octanol–water partition coefficient (Wildman–Crippen LogP) is -0.223. The van der Waals surface area contributed by atoms with Crippen LogP contribution >= 0.6 is 0 Å². The number of likely N-dealkylation sites (N-methyl/N-ethyl adjacent to an activating group) is 1. The van der Waals surface area contributed by atoms with E-state index < -0.39 is 15.8 Å². The smallest absolute Gasteiger partial charge is 0.244 e. The van der Waals surface area contributed by atoms with E-state index in [2.05, 4.69) is 4.98 Å². The molecule has 88 valence electrons. The van der Waals surface area contributed by atoms with Crippen LogP contribution in [0.1, 0.15) is 0 Å². The maximum absolute atomic E-state index is 12.8. The highest BCUT2D eigenvalue weighted by atomic mass is 32.2. The first kappa shape index (κ1) is 12.5. The van der Waals surface area contributed by atoms with Crippen LogP contribution < -0.4 is 5.73 Å². The fourth-order valence-electron chi connectivity index (χ4n) is 1.04. The Bertz CT molecular complexity index is 503. The van der Waals surface area contributed by atoms with Gasteiger partial charge in [0, 0.05) is 13.2 Å². The number of amidine groups is 1. The molecular weight excluding hydrogens is 235 g/mol. The van der Waals surface area contributed by atoms with Crippen LogP contribution in [0.25, 0.3) is 0 Å². The lowest BCUT2D eigenvalue weighted by atomic mass is 10.5. The second-order valence-electron chi connectivity index (χ2n) is 3.13. The lowest BCUT2D eigenvalue weighted by Crippen LogP contribution is -2.35. The van der Waals surface area contributed by atoms with E-state index in [1.54, 1.807) is 0 Å². The number of aromatic nitrogens is 1. The number of nitrogens with zero attached hydrogens (tertiary/aromatic N) is 2. The van der Waals surface area contributed by atoms with Crippen molar-refractivity contribution in [2.24, 2.45) is 5.73 Å². The molecule has 0 amide bonds. The van der Waals surface area contributed by atoms with E-state index in [1.165, 1.54) is 7.05 Å². The summed E-state index contributed by atoms with van der Waals surface area (Å²) in [5.41, 5.74) is 5.09. The van der Waals surface area contributed by atoms with Gasteiger partial charge in [-0.2, -0.15) is 4.31 Å². The first-order chi connectivity index (χ1) is 7.34. The first-order valence-corrected chi connectivity index (χ1v) is 5.68. The summed E-state index contributed by atoms with van der Waals surface area (Å²) < 4.78 is 37.2. The summed E-state index contributed by atoms with van der Waals surface area (Å²) in [5, 5.41) is 6.99. The molecule has 0 bridgehead atoms. The van der Waals surface area contributed by atoms with Crippen LogP contribution in [0.5, 0.6) is 0 Å². The van der Waals surface area contributed by atoms with Gasteiger partial charge in [0.15, 0.2) is 0 Å². The van der Waals surface area contributed by atoms with Crippen LogP contribution in [0, 0.1) is 11.2 Å². The molecule has 0 aliphatic rings. The number of pyridine rings is 1. The summed E-state index contributed by atoms with van der Waals surface area (Å²) in [6.45, 7) is -0.251. The molecule has 0 fully saturated rings. The number of sulfonamides is 1. The topological polar surface area (TPSA) is 100 Å². The fraction of sp³-hybridized carbons (Fsp3) is 0.250. The number of hydrogen-bond donors (Lipinski definition) is 2. The van der Waals surface area contributed by atoms with Crippen molar-refractivity contribution in [1.82, 2.24) is 9.29 Å². The van der Waals surface area contributed by atoms with Crippen LogP contribution in [-0.4, -0.2) is 37.1 Å². The molecule has 6 nitrogen and oxygen atoms in total. The third kappa shape index (κ3) is 2.74. The van der Waals surface area contributed by atoms with Gasteiger partial charge in [-0.3, -0.25) is 10.4 Å². The summed E-state index contributed by atoms with van der Waals surface area (Å²) in [4.78, 5) is 3.18. The van der Waals surface area contributed by atoms with E-state index in [1.807, 2.05) is 0 Å². The van der Waals surface area contributed by atoms with E-state index in [-0.39, 0.29) is 17.3 Å². The van der Waals surface area contributed by atoms with E-state index in [0.29, 0.717) is 0 Å². The molecule has 0 aliphatic heterocycles. The van der Waals surface area contributed by atoms with E-state index >= 15 is 0 Å². The van der Waals surface area contributed by atoms with Gasteiger partial charge < -0.3 is 5.73 Å². The Kier molecular flexibility index (Phi) is 3.55. The number of nitrogens with one attached hydrogen (secondary N) is 1. The second-order valence-corrected chi connectivity index (χ2v) is 5.17. The van der Waals surface area contributed by atoms with Gasteiger partial charge in [-0.1, -0.05) is 0 Å². The van der Waals surface area contributed by atoms with Gasteiger partial charge in [0.25, 0.3) is 0 Å². The quantitative estimate of drug-likeness (QED) is 0.566. The Hall–Kier alpha value is -1.54. The molecule has 1 rings (SSSR count). The standard InChI is InChI=1S/C8H11FN4O2S/c1-13(5-8(10)11)16(14,15)7-2-6(9)3-12-4-7/h2-4H,5H2,1H3,(H3,10,11). The normalized spacial score (nSPS) is 11.7. The summed E-state index contributed by atoms with van der Waals surface area (Å²) in [6, 6.07) is 0.860. The van der Waals surface area contributed by atoms with Crippen molar-refractivity contribution in [2.75, 3.05) is 13.6 Å². The summed E-state index contributed by atoms with van der Waals surface area (Å²) in [5.74, 6) is -1.03. The largest absolute Gasteiger partial charge is 0.387 e. The maximum Gasteiger partial charge on any atom is 0.244 e. The molecule has 1 aromatic rings. The molecular formula is C8H11FN4O2S. The van der Waals surface area contributed by atoms with Gasteiger partial charge in [0.2, 0.25) is 10.0 Å². The molecule has 0 unspecified atom stereocenters. The highest BCUT2D eigenvalue weighted by molar-refractivity contribution is 7.89. The van der Waals surface area contributed by atoms with Crippen molar-refractivity contribution in [3.63, 3.8) is 0 Å². The van der Waals surface area contributed by atoms with Crippen LogP contribution in [0.3, 0.4) is 0 Å². The first-order valence-electron chi connectivity index (χ1n) is 4.24. The molecule has 1 aromatic heterocycles. The van der Waals surface area contributed by atoms with Crippen LogP contribution in [0.2, 0.25) is 0 Å². The Morgan fingerprint density at radius 1 is 1.62 bits per heavy atom. The SMILES string of the molecule is CN(CC(=N)N)S(=O)(=O)c1cncc(F)c1. The van der Waals surface area contributed by atoms with Gasteiger partial charge in [0.1, 0.15) is 16.5 Å². The molecule has 1 heterocycles. The van der Waals surface area contributed by atoms with Crippen molar-refractivity contribution in [3.05, 3.63) is 24.3 Å². The molecule has 0 atom stereocenters. The van der Waals surface area contributed by atoms with Gasteiger partial charge in [0.05, 0.1) is 12.7 Å². The zero-order valence-corrected chi connectivity index (χ0v) is 9.33. The third-order valence-electron chi connectivity index (χ3n) is 1.78. The van der Waals surface area contributed by atoms with Crippen molar-refractivity contribution < 1.29 is 12.8 Å². The predicted molar refractivity (Wildman–Crippen MR) is 55.9 cm³/mol. The summed E-state index contributed by atoms with van der Waals surface area (Å²) in [6.07, 6.45) is 1.94. The molecule has 0 saturated heterocycles. The van der Waals surface area contributed by atoms with Crippen molar-refractivity contribution >= 4 is 15.9 Å². The van der Waals surface area contributed by atoms with E-state index in [4.69, 9.17) is 11.1 Å². The van der Waals surface area contributed by atoms with Gasteiger partial charge in [-0.15, -0.1) is 0 Å². The molecule has 0 aromatic carbocycles. The molecule has 0 aliphatic carbocycles. The van der Waals surface area contributed by atoms with Crippen molar-refractivity contribution in [1.29, 1.82) is 5.41 Å². The minimum atomic E-state index is -3.85. The lowest BCUT2D eigenvalue weighted by molar-refractivity contribution is 0.502. The number of hydrogen-bond acceptors (Lipinski definition) is 4. The van der Waals surface area contributed by atoms with Crippen molar-refractivity contribution in [2.45, 2.75) is 4.90 Å². The zero-order chi connectivity index (χ0) is 12.3. The van der Waals surface area contributed by atoms with Gasteiger partial charge in [-0.05, 0) is 6.07 Å². The molecule has 8 heteroatoms. The number of halogens is 1. The van der Waals surface area contributed by atoms with Gasteiger partial charge in [-0.25, -0.2) is 12.8 Å². The second kappa shape index (κ2) is 4.54. The Morgan fingerprint density at radius 3 is 2.75 bits per heavy atom. The Labute approximate surface area is 92.5 Å². The average Bonchev–Trinajstić information content (AvgIpc) is 2.16. The number of rotatable bonds is 4. The van der Waals surface area contributed by atoms with Crippen LogP contribution in [-0.2, 0) is 10.0 Å². The average molecular weight is 246 g/mol. The highest BCUT2D eigenvalue weighted by Crippen LogP contribution is 2.13. The number of nitrogens with two attached hydrogens (primary N) is 1. The van der Waals surface area contributed by atoms with Crippen molar-refractivity contribution in [3.8, 4) is 0 Å². The lowest BCUT2D eigenvalue weighted by Gasteiger charge is -2.15. The van der Waals surface area contributed by atoms with Crippen LogP contribution in [0.15, 0.2) is 23.4 Å². The molecule has 16 heavy (non-hydrogen) atoms. The van der Waals surface area contributed by atoms with Gasteiger partial charge >= 0.3 is 0 Å². The van der Waals surface area contributed by atoms with E-state index in [9.17, 15) is 12.8 Å². The monoisotopic (exact) mass is 246 g/mol. The maximum atomic E-state index is 12.8. The summed E-state index contributed by atoms with van der Waals surface area (Å²) in [7, 11) is -2.59. The molecule has 3 N–H and O–H groups in total. The highest BCUT2D eigenvalue weighted by Gasteiger charge is 2.21. The van der Waals surface area contributed by atoms with E-state index in [0.717, 1.165) is 22.8 Å². The zero-order valence-electron chi connectivity index (χ0n) is 8.51. The molecule has 0 radical (unpaired) electrons. The van der Waals surface area contributed by atoms with Crippen LogP contribution in [0.4, 0.5) is 4.39 Å². The Balaban J connectivity index is 3.07. The fourth-order valence-corrected chi connectivity index (χ4v) is 2.16. The molecule has 0 spiro atoms. The Morgan fingerprint density at radius 2 is 2.25 bits per heavy atom. The third-order valence-corrected chi connectivity index (χ3v) is 3.55. The summed E-state index contributed by atoms with van der Waals surface area (Å²) >= 11 is 0. The minimum Gasteiger partial charge on any atom is -0.387 e. The molecule has 0 saturated carbocycles.